The molecular formula is C22H27ClN4O3. The van der Waals surface area contributed by atoms with Crippen LogP contribution in [0.25, 0.3) is 0 Å². The number of nitrogens with one attached hydrogen (secondary N) is 2. The number of likely N-dealkylation sites (tertiary alicyclic amines) is 1. The number of rotatable bonds is 7. The maximum absolute atomic E-state index is 12.8. The van der Waals surface area contributed by atoms with E-state index in [-0.39, 0.29) is 11.8 Å². The molecule has 4 rings (SSSR count). The van der Waals surface area contributed by atoms with Crippen molar-refractivity contribution < 1.29 is 14.3 Å². The third kappa shape index (κ3) is 4.95. The number of H-pyrrole nitrogens is 1. The van der Waals surface area contributed by atoms with Crippen molar-refractivity contribution in [2.24, 2.45) is 5.92 Å². The third-order valence-corrected chi connectivity index (χ3v) is 6.09. The first-order valence-corrected chi connectivity index (χ1v) is 10.9. The second kappa shape index (κ2) is 9.08. The van der Waals surface area contributed by atoms with Crippen molar-refractivity contribution in [2.45, 2.75) is 44.4 Å². The first-order valence-electron chi connectivity index (χ1n) is 10.5. The highest BCUT2D eigenvalue weighted by molar-refractivity contribution is 6.31. The summed E-state index contributed by atoms with van der Waals surface area (Å²) in [7, 11) is 1.56. The fourth-order valence-electron chi connectivity index (χ4n) is 4.02. The largest absolute Gasteiger partial charge is 0.495 e. The number of amides is 2. The van der Waals surface area contributed by atoms with Gasteiger partial charge in [0.2, 0.25) is 5.91 Å². The molecule has 0 unspecified atom stereocenters. The van der Waals surface area contributed by atoms with E-state index >= 15 is 0 Å². The van der Waals surface area contributed by atoms with Crippen molar-refractivity contribution in [1.29, 1.82) is 0 Å². The number of aromatic amines is 1. The number of hydrogen-bond donors (Lipinski definition) is 2. The highest BCUT2D eigenvalue weighted by atomic mass is 35.5. The smallest absolute Gasteiger partial charge is 0.274 e. The van der Waals surface area contributed by atoms with E-state index in [4.69, 9.17) is 16.3 Å². The van der Waals surface area contributed by atoms with Crippen LogP contribution in [0.5, 0.6) is 5.75 Å². The maximum atomic E-state index is 12.8. The van der Waals surface area contributed by atoms with Crippen LogP contribution in [0.4, 0.5) is 5.69 Å². The SMILES string of the molecule is COc1ccc(Cl)cc1NC(=O)CC[C@@H]1CCCN(C(=O)c2cc(C3CC3)[nH]n2)C1. The minimum Gasteiger partial charge on any atom is -0.495 e. The quantitative estimate of drug-likeness (QED) is 0.688. The molecule has 2 aromatic rings. The molecule has 30 heavy (non-hydrogen) atoms. The molecule has 0 radical (unpaired) electrons. The van der Waals surface area contributed by atoms with Crippen molar-refractivity contribution in [1.82, 2.24) is 15.1 Å². The van der Waals surface area contributed by atoms with Gasteiger partial charge in [0, 0.05) is 36.1 Å². The number of carbonyl (C=O) groups excluding carboxylic acids is 2. The van der Waals surface area contributed by atoms with Crippen molar-refractivity contribution in [2.75, 3.05) is 25.5 Å². The molecule has 7 nitrogen and oxygen atoms in total. The Balaban J connectivity index is 1.29. The fourth-order valence-corrected chi connectivity index (χ4v) is 4.19. The lowest BCUT2D eigenvalue weighted by Crippen LogP contribution is -2.40. The van der Waals surface area contributed by atoms with Gasteiger partial charge in [0.15, 0.2) is 0 Å². The number of benzene rings is 1. The molecule has 8 heteroatoms. The summed E-state index contributed by atoms with van der Waals surface area (Å²) >= 11 is 6.02. The van der Waals surface area contributed by atoms with Crippen molar-refractivity contribution in [3.63, 3.8) is 0 Å². The Hall–Kier alpha value is -2.54. The monoisotopic (exact) mass is 430 g/mol. The topological polar surface area (TPSA) is 87.3 Å². The summed E-state index contributed by atoms with van der Waals surface area (Å²) in [5, 5.41) is 10.6. The number of piperidine rings is 1. The van der Waals surface area contributed by atoms with Gasteiger partial charge < -0.3 is 15.0 Å². The molecule has 160 valence electrons. The second-order valence-electron chi connectivity index (χ2n) is 8.17. The Bertz CT molecular complexity index is 925. The van der Waals surface area contributed by atoms with Gasteiger partial charge in [-0.3, -0.25) is 14.7 Å². The van der Waals surface area contributed by atoms with E-state index in [9.17, 15) is 9.59 Å². The number of anilines is 1. The van der Waals surface area contributed by atoms with Crippen molar-refractivity contribution in [3.8, 4) is 5.75 Å². The zero-order valence-electron chi connectivity index (χ0n) is 17.1. The summed E-state index contributed by atoms with van der Waals surface area (Å²) in [4.78, 5) is 27.1. The molecule has 1 saturated heterocycles. The predicted molar refractivity (Wildman–Crippen MR) is 115 cm³/mol. The van der Waals surface area contributed by atoms with Crippen LogP contribution in [-0.2, 0) is 4.79 Å². The molecule has 1 aromatic heterocycles. The molecule has 1 atom stereocenters. The van der Waals surface area contributed by atoms with Gasteiger partial charge in [-0.2, -0.15) is 5.10 Å². The molecule has 2 aliphatic rings. The van der Waals surface area contributed by atoms with E-state index in [2.05, 4.69) is 15.5 Å². The molecule has 0 spiro atoms. The lowest BCUT2D eigenvalue weighted by Gasteiger charge is -2.32. The Morgan fingerprint density at radius 3 is 2.90 bits per heavy atom. The van der Waals surface area contributed by atoms with E-state index < -0.39 is 0 Å². The van der Waals surface area contributed by atoms with Gasteiger partial charge in [0.1, 0.15) is 11.4 Å². The standard InChI is InChI=1S/C22H27ClN4O3/c1-30-20-8-7-16(23)11-18(20)24-21(28)9-4-14-3-2-10-27(13-14)22(29)19-12-17(25-26-19)15-5-6-15/h7-8,11-12,14-15H,2-6,9-10,13H2,1H3,(H,24,28)(H,25,26)/t14-/m0/s1. The average molecular weight is 431 g/mol. The Labute approximate surface area is 181 Å². The van der Waals surface area contributed by atoms with Gasteiger partial charge in [-0.15, -0.1) is 0 Å². The summed E-state index contributed by atoms with van der Waals surface area (Å²) in [5.74, 6) is 1.32. The summed E-state index contributed by atoms with van der Waals surface area (Å²) in [6, 6.07) is 7.03. The number of halogens is 1. The molecule has 0 bridgehead atoms. The van der Waals surface area contributed by atoms with E-state index in [1.54, 1.807) is 25.3 Å². The van der Waals surface area contributed by atoms with Crippen LogP contribution in [0.1, 0.15) is 60.6 Å². The van der Waals surface area contributed by atoms with Crippen LogP contribution in [0.15, 0.2) is 24.3 Å². The van der Waals surface area contributed by atoms with Crippen LogP contribution < -0.4 is 10.1 Å². The Kier molecular flexibility index (Phi) is 6.27. The summed E-state index contributed by atoms with van der Waals surface area (Å²) < 4.78 is 5.27. The van der Waals surface area contributed by atoms with E-state index in [1.165, 1.54) is 12.8 Å². The van der Waals surface area contributed by atoms with Crippen molar-refractivity contribution in [3.05, 3.63) is 40.7 Å². The first-order chi connectivity index (χ1) is 14.5. The molecule has 1 aromatic carbocycles. The van der Waals surface area contributed by atoms with Crippen LogP contribution in [0.2, 0.25) is 5.02 Å². The van der Waals surface area contributed by atoms with Crippen LogP contribution in [0, 0.1) is 5.92 Å². The maximum Gasteiger partial charge on any atom is 0.274 e. The zero-order chi connectivity index (χ0) is 21.1. The molecule has 2 fully saturated rings. The van der Waals surface area contributed by atoms with E-state index in [0.29, 0.717) is 47.0 Å². The summed E-state index contributed by atoms with van der Waals surface area (Å²) in [6.07, 6.45) is 5.42. The highest BCUT2D eigenvalue weighted by Crippen LogP contribution is 2.39. The molecule has 1 aliphatic heterocycles. The Morgan fingerprint density at radius 1 is 1.30 bits per heavy atom. The highest BCUT2D eigenvalue weighted by Gasteiger charge is 2.29. The second-order valence-corrected chi connectivity index (χ2v) is 8.61. The molecular weight excluding hydrogens is 404 g/mol. The third-order valence-electron chi connectivity index (χ3n) is 5.86. The number of carbonyl (C=O) groups is 2. The molecule has 1 saturated carbocycles. The molecule has 2 N–H and O–H groups in total. The van der Waals surface area contributed by atoms with Gasteiger partial charge in [0.05, 0.1) is 12.8 Å². The number of hydrogen-bond acceptors (Lipinski definition) is 4. The summed E-state index contributed by atoms with van der Waals surface area (Å²) in [6.45, 7) is 1.41. The van der Waals surface area contributed by atoms with Crippen LogP contribution in [-0.4, -0.2) is 47.1 Å². The minimum atomic E-state index is -0.0830. The molecule has 2 heterocycles. The Morgan fingerprint density at radius 2 is 2.13 bits per heavy atom. The van der Waals surface area contributed by atoms with Gasteiger partial charge in [-0.1, -0.05) is 11.6 Å². The van der Waals surface area contributed by atoms with Crippen LogP contribution in [0.3, 0.4) is 0 Å². The lowest BCUT2D eigenvalue weighted by molar-refractivity contribution is -0.116. The first kappa shape index (κ1) is 20.7. The lowest BCUT2D eigenvalue weighted by atomic mass is 9.93. The molecule has 2 amide bonds. The van der Waals surface area contributed by atoms with E-state index in [0.717, 1.165) is 31.5 Å². The normalized spacial score (nSPS) is 18.9. The zero-order valence-corrected chi connectivity index (χ0v) is 17.9. The van der Waals surface area contributed by atoms with Gasteiger partial charge in [-0.05, 0) is 62.3 Å². The van der Waals surface area contributed by atoms with Crippen molar-refractivity contribution >= 4 is 29.1 Å². The van der Waals surface area contributed by atoms with E-state index in [1.807, 2.05) is 11.0 Å². The molecule has 1 aliphatic carbocycles. The van der Waals surface area contributed by atoms with Crippen LogP contribution >= 0.6 is 11.6 Å². The average Bonchev–Trinajstić information content (AvgIpc) is 3.49. The fraction of sp³-hybridized carbons (Fsp3) is 0.500. The van der Waals surface area contributed by atoms with Gasteiger partial charge in [-0.25, -0.2) is 0 Å². The number of nitrogens with zero attached hydrogens (tertiary/aromatic N) is 2. The number of methoxy groups -OCH3 is 1. The number of ether oxygens (including phenoxy) is 1. The summed E-state index contributed by atoms with van der Waals surface area (Å²) in [5.41, 5.74) is 2.14. The minimum absolute atomic E-state index is 0.0176. The van der Waals surface area contributed by atoms with Gasteiger partial charge >= 0.3 is 0 Å². The van der Waals surface area contributed by atoms with Gasteiger partial charge in [0.25, 0.3) is 5.91 Å². The number of aromatic nitrogens is 2. The predicted octanol–water partition coefficient (Wildman–Crippen LogP) is 4.22.